The Bertz CT molecular complexity index is 1130. The minimum Gasteiger partial charge on any atom is -0.357 e. The zero-order chi connectivity index (χ0) is 29.1. The molecule has 2 aromatic carbocycles. The minimum atomic E-state index is -0.0216. The fourth-order valence-corrected chi connectivity index (χ4v) is 9.13. The third kappa shape index (κ3) is 7.60. The van der Waals surface area contributed by atoms with Crippen LogP contribution < -0.4 is 15.4 Å². The van der Waals surface area contributed by atoms with Gasteiger partial charge in [0, 0.05) is 56.5 Å². The molecule has 3 saturated heterocycles. The van der Waals surface area contributed by atoms with Gasteiger partial charge in [-0.15, -0.1) is 0 Å². The van der Waals surface area contributed by atoms with E-state index in [1.807, 2.05) is 11.9 Å². The average molecular weight is 592 g/mol. The van der Waals surface area contributed by atoms with E-state index in [0.717, 1.165) is 38.5 Å². The summed E-state index contributed by atoms with van der Waals surface area (Å²) in [6.07, 6.45) is 7.55. The number of hydrogen-bond acceptors (Lipinski definition) is 7. The van der Waals surface area contributed by atoms with Gasteiger partial charge in [0.25, 0.3) is 0 Å². The summed E-state index contributed by atoms with van der Waals surface area (Å²) in [6, 6.07) is 18.4. The number of rotatable bonds is 5. The maximum Gasteiger partial charge on any atom is 0.123 e. The largest absolute Gasteiger partial charge is 0.357 e. The smallest absolute Gasteiger partial charge is 0.123 e. The van der Waals surface area contributed by atoms with Crippen LogP contribution in [0.3, 0.4) is 0 Å². The molecule has 1 saturated carbocycles. The van der Waals surface area contributed by atoms with Crippen molar-refractivity contribution in [1.82, 2.24) is 25.2 Å². The van der Waals surface area contributed by atoms with Crippen molar-refractivity contribution >= 4 is 11.9 Å². The number of hydrogen-bond donors (Lipinski definition) is 3. The maximum atomic E-state index is 7.33. The van der Waals surface area contributed by atoms with E-state index in [4.69, 9.17) is 4.74 Å². The minimum absolute atomic E-state index is 0.00439. The Kier molecular flexibility index (Phi) is 10.3. The van der Waals surface area contributed by atoms with E-state index in [1.54, 1.807) is 0 Å². The molecular weight excluding hydrogens is 538 g/mol. The zero-order valence-corrected chi connectivity index (χ0v) is 27.0. The number of nitrogens with one attached hydrogen (secondary N) is 3. The number of benzene rings is 2. The van der Waals surface area contributed by atoms with E-state index in [9.17, 15) is 0 Å². The van der Waals surface area contributed by atoms with Crippen molar-refractivity contribution in [3.63, 3.8) is 0 Å². The van der Waals surface area contributed by atoms with Crippen molar-refractivity contribution < 1.29 is 4.74 Å². The molecule has 4 fully saturated rings. The van der Waals surface area contributed by atoms with Gasteiger partial charge in [0.05, 0.1) is 6.10 Å². The van der Waals surface area contributed by atoms with E-state index < -0.39 is 0 Å². The zero-order valence-electron chi connectivity index (χ0n) is 26.2. The summed E-state index contributed by atoms with van der Waals surface area (Å²) >= 11 is 1.96. The Morgan fingerprint density at radius 2 is 1.74 bits per heavy atom. The van der Waals surface area contributed by atoms with Crippen LogP contribution in [0.15, 0.2) is 48.5 Å². The summed E-state index contributed by atoms with van der Waals surface area (Å²) in [6.45, 7) is 14.7. The topological polar surface area (TPSA) is 51.8 Å². The predicted octanol–water partition coefficient (Wildman–Crippen LogP) is 5.97. The molecule has 8 atom stereocenters. The molecule has 42 heavy (non-hydrogen) atoms. The van der Waals surface area contributed by atoms with Gasteiger partial charge in [-0.05, 0) is 73.6 Å². The molecule has 6 nitrogen and oxygen atoms in total. The summed E-state index contributed by atoms with van der Waals surface area (Å²) in [5.41, 5.74) is 5.55. The fraction of sp³-hybridized carbons (Fsp3) is 0.657. The highest BCUT2D eigenvalue weighted by molar-refractivity contribution is 7.98. The Hall–Kier alpha value is -1.45. The highest BCUT2D eigenvalue weighted by Crippen LogP contribution is 2.36. The van der Waals surface area contributed by atoms with Gasteiger partial charge in [-0.1, -0.05) is 80.7 Å². The number of aryl methyl sites for hydroxylation is 2. The predicted molar refractivity (Wildman–Crippen MR) is 175 cm³/mol. The first kappa shape index (κ1) is 30.6. The van der Waals surface area contributed by atoms with E-state index >= 15 is 0 Å². The van der Waals surface area contributed by atoms with E-state index in [0.29, 0.717) is 17.2 Å². The normalized spacial score (nSPS) is 34.6. The molecule has 2 aromatic rings. The van der Waals surface area contributed by atoms with Crippen LogP contribution in [0.2, 0.25) is 0 Å². The molecule has 0 aromatic heterocycles. The lowest BCUT2D eigenvalue weighted by molar-refractivity contribution is -0.0990. The van der Waals surface area contributed by atoms with Crippen molar-refractivity contribution in [3.8, 4) is 0 Å². The van der Waals surface area contributed by atoms with Crippen molar-refractivity contribution in [3.05, 3.63) is 70.8 Å². The molecule has 6 rings (SSSR count). The highest BCUT2D eigenvalue weighted by atomic mass is 32.2. The molecule has 1 aliphatic carbocycles. The third-order valence-electron chi connectivity index (χ3n) is 9.98. The Morgan fingerprint density at radius 3 is 2.52 bits per heavy atom. The lowest BCUT2D eigenvalue weighted by atomic mass is 9.87. The summed E-state index contributed by atoms with van der Waals surface area (Å²) in [5.74, 6) is 1.39. The molecule has 3 aliphatic heterocycles. The van der Waals surface area contributed by atoms with Crippen LogP contribution in [0.25, 0.3) is 0 Å². The SMILES string of the molecule is Cc1cccc(C)c1C1CC2NC(NSC3CCCC(C3)CN3CCN(Cc4ccccc4)C[C@H](O2)[C@@H]3CC(C)C)N1. The van der Waals surface area contributed by atoms with Crippen LogP contribution in [0, 0.1) is 25.7 Å². The maximum absolute atomic E-state index is 7.33. The molecule has 3 N–H and O–H groups in total. The molecule has 6 unspecified atom stereocenters. The van der Waals surface area contributed by atoms with Crippen molar-refractivity contribution in [2.45, 2.75) is 109 Å². The van der Waals surface area contributed by atoms with Gasteiger partial charge < -0.3 is 4.74 Å². The molecule has 3 heterocycles. The standard InChI is InChI=1S/C35H53N5OS/c1-24(2)18-31-32-23-39(21-27-12-6-5-7-13-27)16-17-40(31)22-28-14-9-15-29(19-28)42-38-35-36-30(20-33(37-35)41-32)34-25(3)10-8-11-26(34)4/h5-8,10-13,24,28-33,35-38H,9,14-23H2,1-4H3/t28?,29?,30?,31-,32-,33?,35?/m0/s1. The fourth-order valence-electron chi connectivity index (χ4n) is 8.02. The van der Waals surface area contributed by atoms with Crippen LogP contribution in [0.5, 0.6) is 0 Å². The Morgan fingerprint density at radius 1 is 0.929 bits per heavy atom. The summed E-state index contributed by atoms with van der Waals surface area (Å²) < 4.78 is 11.2. The van der Waals surface area contributed by atoms with Gasteiger partial charge in [0.2, 0.25) is 0 Å². The van der Waals surface area contributed by atoms with Gasteiger partial charge in [-0.3, -0.25) is 20.4 Å². The van der Waals surface area contributed by atoms with Gasteiger partial charge in [-0.2, -0.15) is 0 Å². The average Bonchev–Trinajstić information content (AvgIpc) is 3.10. The lowest BCUT2D eigenvalue weighted by Crippen LogP contribution is -2.62. The first-order chi connectivity index (χ1) is 20.4. The summed E-state index contributed by atoms with van der Waals surface area (Å²) in [5, 5.41) is 8.46. The molecule has 7 heteroatoms. The van der Waals surface area contributed by atoms with Gasteiger partial charge in [-0.25, -0.2) is 4.72 Å². The molecule has 0 amide bonds. The van der Waals surface area contributed by atoms with Gasteiger partial charge in [0.15, 0.2) is 0 Å². The molecular formula is C35H53N5OS. The van der Waals surface area contributed by atoms with Gasteiger partial charge in [0.1, 0.15) is 12.5 Å². The Labute approximate surface area is 258 Å². The Balaban J connectivity index is 1.33. The second kappa shape index (κ2) is 14.1. The highest BCUT2D eigenvalue weighted by Gasteiger charge is 2.40. The third-order valence-corrected chi connectivity index (χ3v) is 11.1. The number of fused-ring (bicyclic) bond motifs is 6. The van der Waals surface area contributed by atoms with Crippen molar-refractivity contribution in [2.24, 2.45) is 11.8 Å². The van der Waals surface area contributed by atoms with E-state index in [2.05, 4.69) is 101 Å². The molecule has 6 bridgehead atoms. The quantitative estimate of drug-likeness (QED) is 0.371. The first-order valence-electron chi connectivity index (χ1n) is 16.6. The second-order valence-corrected chi connectivity index (χ2v) is 15.0. The summed E-state index contributed by atoms with van der Waals surface area (Å²) in [7, 11) is 0. The molecule has 4 aliphatic rings. The van der Waals surface area contributed by atoms with E-state index in [1.165, 1.54) is 60.9 Å². The monoisotopic (exact) mass is 591 g/mol. The van der Waals surface area contributed by atoms with Crippen LogP contribution in [-0.4, -0.2) is 65.9 Å². The first-order valence-corrected chi connectivity index (χ1v) is 17.4. The van der Waals surface area contributed by atoms with Crippen LogP contribution in [0.1, 0.15) is 80.7 Å². The van der Waals surface area contributed by atoms with Crippen LogP contribution in [0.4, 0.5) is 0 Å². The summed E-state index contributed by atoms with van der Waals surface area (Å²) in [4.78, 5) is 5.53. The molecule has 0 radical (unpaired) electrons. The van der Waals surface area contributed by atoms with Gasteiger partial charge >= 0.3 is 0 Å². The number of nitrogens with zero attached hydrogens (tertiary/aromatic N) is 2. The van der Waals surface area contributed by atoms with Crippen LogP contribution in [-0.2, 0) is 11.3 Å². The molecule has 0 spiro atoms. The molecule has 230 valence electrons. The van der Waals surface area contributed by atoms with Crippen molar-refractivity contribution in [1.29, 1.82) is 0 Å². The number of ether oxygens (including phenoxy) is 1. The lowest BCUT2D eigenvalue weighted by Gasteiger charge is -2.42. The van der Waals surface area contributed by atoms with Crippen molar-refractivity contribution in [2.75, 3.05) is 26.2 Å². The van der Waals surface area contributed by atoms with E-state index in [-0.39, 0.29) is 24.7 Å². The van der Waals surface area contributed by atoms with Crippen LogP contribution >= 0.6 is 11.9 Å². The second-order valence-electron chi connectivity index (χ2n) is 13.8.